The minimum Gasteiger partial charge on any atom is -0.480 e. The van der Waals surface area contributed by atoms with Crippen LogP contribution in [-0.2, 0) is 54.4 Å². The van der Waals surface area contributed by atoms with Crippen molar-refractivity contribution in [2.24, 2.45) is 11.5 Å². The van der Waals surface area contributed by atoms with E-state index in [0.29, 0.717) is 37.7 Å². The molecule has 1 aliphatic heterocycles. The number of carbonyl (C=O) groups is 10. The van der Waals surface area contributed by atoms with Gasteiger partial charge in [0.2, 0.25) is 53.2 Å². The van der Waals surface area contributed by atoms with Crippen LogP contribution in [0.5, 0.6) is 0 Å². The number of thiol groups is 2. The molecule has 20 nitrogen and oxygen atoms in total. The Kier molecular flexibility index (Phi) is 19.9. The third-order valence-corrected chi connectivity index (χ3v) is 13.1. The van der Waals surface area contributed by atoms with Gasteiger partial charge in [-0.15, -0.1) is 0 Å². The second-order valence-electron chi connectivity index (χ2n) is 17.2. The summed E-state index contributed by atoms with van der Waals surface area (Å²) >= 11 is 9.04. The van der Waals surface area contributed by atoms with Crippen molar-refractivity contribution in [3.05, 3.63) is 35.9 Å². The molecule has 1 heterocycles. The Morgan fingerprint density at radius 2 is 1.32 bits per heavy atom. The van der Waals surface area contributed by atoms with Gasteiger partial charge in [0.15, 0.2) is 0 Å². The number of nitrogens with two attached hydrogens (primary N) is 2. The molecule has 0 aromatic heterocycles. The van der Waals surface area contributed by atoms with Crippen LogP contribution in [-0.4, -0.2) is 128 Å². The molecule has 2 saturated carbocycles. The predicted molar refractivity (Wildman–Crippen MR) is 243 cm³/mol. The zero-order chi connectivity index (χ0) is 47.7. The fourth-order valence-corrected chi connectivity index (χ4v) is 9.38. The normalized spacial score (nSPS) is 19.5. The molecule has 9 amide bonds. The van der Waals surface area contributed by atoms with Crippen molar-refractivity contribution in [2.45, 2.75) is 150 Å². The van der Waals surface area contributed by atoms with Gasteiger partial charge in [0, 0.05) is 36.3 Å². The van der Waals surface area contributed by atoms with Crippen molar-refractivity contribution in [3.8, 4) is 0 Å². The largest absolute Gasteiger partial charge is 0.480 e. The average molecular weight is 946 g/mol. The molecule has 4 rings (SSSR count). The highest BCUT2D eigenvalue weighted by molar-refractivity contribution is 7.81. The molecule has 3 aliphatic rings. The first-order chi connectivity index (χ1) is 30.8. The van der Waals surface area contributed by atoms with Gasteiger partial charge in [-0.25, -0.2) is 0 Å². The first-order valence-electron chi connectivity index (χ1n) is 22.1. The van der Waals surface area contributed by atoms with Crippen LogP contribution in [0.25, 0.3) is 0 Å². The summed E-state index contributed by atoms with van der Waals surface area (Å²) in [5, 5.41) is 24.5. The molecule has 0 unspecified atom stereocenters. The first-order valence-corrected chi connectivity index (χ1v) is 23.2. The molecular formula is C43H63N9O11S2. The van der Waals surface area contributed by atoms with Gasteiger partial charge in [-0.05, 0) is 50.5 Å². The summed E-state index contributed by atoms with van der Waals surface area (Å²) in [5.41, 5.74) is 10.2. The van der Waals surface area contributed by atoms with Crippen LogP contribution >= 0.6 is 25.3 Å². The molecule has 1 aromatic carbocycles. The second kappa shape index (κ2) is 24.8. The number of carbonyl (C=O) groups excluding carboxylic acids is 9. The maximum atomic E-state index is 14.4. The standard InChI is InChI=1S/C43H63N9O11S2/c44-32(53)15-14-27(36(58)48-29(22-33(45)54)38(60)49-30(25-64)40(62)52-20-10-13-31(52)39(61)46-24-35(56)57)47-37(59)28(21-26-11-4-1-5-12-26)50-41(63)43(18-8-3-9-19-43)51-34(55)23-42(65)16-6-2-7-17-42/h1,4-5,11-12,27-31,64-65H,2-3,6-10,13-25H2,(H2,44,53)(H2,45,54)(H,46,61)(H,47,59)(H,48,58)(H,49,60)(H,50,63)(H,51,55)(H,56,57)/t27-,28-,29-,30-,31-/m0/s1. The number of carboxylic acids is 1. The van der Waals surface area contributed by atoms with E-state index >= 15 is 0 Å². The van der Waals surface area contributed by atoms with E-state index in [9.17, 15) is 47.9 Å². The molecular weight excluding hydrogens is 883 g/mol. The summed E-state index contributed by atoms with van der Waals surface area (Å²) < 4.78 is -0.490. The molecule has 0 bridgehead atoms. The Morgan fingerprint density at radius 1 is 0.738 bits per heavy atom. The summed E-state index contributed by atoms with van der Waals surface area (Å²) in [6.07, 6.45) is 6.52. The first kappa shape index (κ1) is 52.2. The summed E-state index contributed by atoms with van der Waals surface area (Å²) in [5.74, 6) is -8.66. The van der Waals surface area contributed by atoms with E-state index in [0.717, 1.165) is 38.5 Å². The number of aliphatic carboxylic acids is 1. The quantitative estimate of drug-likeness (QED) is 0.0608. The number of rotatable bonds is 23. The van der Waals surface area contributed by atoms with Crippen molar-refractivity contribution < 1.29 is 53.1 Å². The van der Waals surface area contributed by atoms with Gasteiger partial charge in [0.05, 0.1) is 6.42 Å². The molecule has 0 spiro atoms. The average Bonchev–Trinajstić information content (AvgIpc) is 3.76. The highest BCUT2D eigenvalue weighted by Crippen LogP contribution is 2.37. The number of hydrogen-bond acceptors (Lipinski definition) is 12. The van der Waals surface area contributed by atoms with Gasteiger partial charge in [0.1, 0.15) is 42.3 Å². The Hall–Kier alpha value is -5.38. The van der Waals surface area contributed by atoms with Crippen molar-refractivity contribution in [3.63, 3.8) is 0 Å². The van der Waals surface area contributed by atoms with Gasteiger partial charge in [-0.3, -0.25) is 47.9 Å². The van der Waals surface area contributed by atoms with E-state index in [4.69, 9.17) is 29.2 Å². The molecule has 1 aromatic rings. The number of likely N-dealkylation sites (tertiary alicyclic amines) is 1. The highest BCUT2D eigenvalue weighted by atomic mass is 32.1. The summed E-state index contributed by atoms with van der Waals surface area (Å²) in [4.78, 5) is 133. The van der Waals surface area contributed by atoms with E-state index in [-0.39, 0.29) is 43.9 Å². The van der Waals surface area contributed by atoms with Gasteiger partial charge in [0.25, 0.3) is 0 Å². The molecule has 1 saturated heterocycles. The van der Waals surface area contributed by atoms with E-state index in [2.05, 4.69) is 44.5 Å². The lowest BCUT2D eigenvalue weighted by Gasteiger charge is -2.39. The van der Waals surface area contributed by atoms with Crippen molar-refractivity contribution in [1.29, 1.82) is 0 Å². The number of nitrogens with zero attached hydrogens (tertiary/aromatic N) is 1. The summed E-state index contributed by atoms with van der Waals surface area (Å²) in [7, 11) is 0. The molecule has 22 heteroatoms. The van der Waals surface area contributed by atoms with Crippen LogP contribution in [0.15, 0.2) is 30.3 Å². The number of nitrogens with one attached hydrogen (secondary N) is 6. The SMILES string of the molecule is NC(=O)CC[C@H](NC(=O)[C@H](Cc1ccccc1)NC(=O)C1(NC(=O)CC2(S)CCCCC2)CCCCC1)C(=O)N[C@@H](CC(N)=O)C(=O)N[C@@H](CS)C(=O)N1CCC[C@H]1C(=O)NCC(=O)O. The monoisotopic (exact) mass is 945 g/mol. The zero-order valence-electron chi connectivity index (χ0n) is 36.4. The number of carboxylic acid groups (broad SMARTS) is 1. The van der Waals surface area contributed by atoms with Gasteiger partial charge in [-0.1, -0.05) is 68.9 Å². The maximum Gasteiger partial charge on any atom is 0.322 e. The van der Waals surface area contributed by atoms with E-state index < -0.39 is 113 Å². The Morgan fingerprint density at radius 3 is 1.92 bits per heavy atom. The van der Waals surface area contributed by atoms with E-state index in [1.165, 1.54) is 4.90 Å². The van der Waals surface area contributed by atoms with Crippen LogP contribution in [0.1, 0.15) is 108 Å². The minimum absolute atomic E-state index is 0.0444. The second-order valence-corrected chi connectivity index (χ2v) is 18.5. The molecule has 11 N–H and O–H groups in total. The molecule has 65 heavy (non-hydrogen) atoms. The number of amides is 9. The van der Waals surface area contributed by atoms with Crippen LogP contribution in [0.4, 0.5) is 0 Å². The minimum atomic E-state index is -1.71. The van der Waals surface area contributed by atoms with Gasteiger partial charge < -0.3 is 53.4 Å². The van der Waals surface area contributed by atoms with Crippen molar-refractivity contribution >= 4 is 84.4 Å². The lowest BCUT2D eigenvalue weighted by Crippen LogP contribution is -2.64. The number of benzene rings is 1. The molecule has 358 valence electrons. The molecule has 0 radical (unpaired) electrons. The topological polar surface area (TPSA) is 318 Å². The molecule has 2 aliphatic carbocycles. The van der Waals surface area contributed by atoms with Crippen LogP contribution in [0.2, 0.25) is 0 Å². The van der Waals surface area contributed by atoms with Crippen LogP contribution in [0.3, 0.4) is 0 Å². The van der Waals surface area contributed by atoms with E-state index in [1.807, 2.05) is 0 Å². The fourth-order valence-electron chi connectivity index (χ4n) is 8.67. The Bertz CT molecular complexity index is 1910. The summed E-state index contributed by atoms with van der Waals surface area (Å²) in [6, 6.07) is 1.77. The molecule has 3 fully saturated rings. The number of hydrogen-bond donors (Lipinski definition) is 11. The van der Waals surface area contributed by atoms with Crippen molar-refractivity contribution in [2.75, 3.05) is 18.8 Å². The smallest absolute Gasteiger partial charge is 0.322 e. The van der Waals surface area contributed by atoms with Crippen LogP contribution in [0, 0.1) is 0 Å². The van der Waals surface area contributed by atoms with Gasteiger partial charge >= 0.3 is 5.97 Å². The van der Waals surface area contributed by atoms with Crippen molar-refractivity contribution in [1.82, 2.24) is 36.8 Å². The fraction of sp³-hybridized carbons (Fsp3) is 0.628. The Labute approximate surface area is 388 Å². The maximum absolute atomic E-state index is 14.4. The third-order valence-electron chi connectivity index (χ3n) is 12.1. The molecule has 5 atom stereocenters. The highest BCUT2D eigenvalue weighted by Gasteiger charge is 2.44. The van der Waals surface area contributed by atoms with Gasteiger partial charge in [-0.2, -0.15) is 25.3 Å². The lowest BCUT2D eigenvalue weighted by molar-refractivity contribution is -0.142. The van der Waals surface area contributed by atoms with E-state index in [1.54, 1.807) is 30.3 Å². The van der Waals surface area contributed by atoms with Crippen LogP contribution < -0.4 is 43.4 Å². The third kappa shape index (κ3) is 15.9. The predicted octanol–water partition coefficient (Wildman–Crippen LogP) is -0.727. The zero-order valence-corrected chi connectivity index (χ0v) is 38.2. The number of primary amides is 2. The Balaban J connectivity index is 1.53. The summed E-state index contributed by atoms with van der Waals surface area (Å²) in [6.45, 7) is -0.551. The lowest BCUT2D eigenvalue weighted by atomic mass is 9.79.